The van der Waals surface area contributed by atoms with E-state index in [0.717, 1.165) is 0 Å². The van der Waals surface area contributed by atoms with E-state index in [1.807, 2.05) is 0 Å². The van der Waals surface area contributed by atoms with Crippen molar-refractivity contribution >= 4 is 17.8 Å². The van der Waals surface area contributed by atoms with Crippen LogP contribution in [0.25, 0.3) is 0 Å². The first-order chi connectivity index (χ1) is 12.2. The summed E-state index contributed by atoms with van der Waals surface area (Å²) in [6.07, 6.45) is -4.87. The molecule has 2 heterocycles. The van der Waals surface area contributed by atoms with Gasteiger partial charge in [-0.15, -0.1) is 0 Å². The van der Waals surface area contributed by atoms with Gasteiger partial charge >= 0.3 is 12.1 Å². The molecule has 0 bridgehead atoms. The number of fused-ring (bicyclic) bond motifs is 1. The molecule has 2 amide bonds. The van der Waals surface area contributed by atoms with Gasteiger partial charge < -0.3 is 4.84 Å². The van der Waals surface area contributed by atoms with Crippen LogP contribution in [0.5, 0.6) is 0 Å². The number of hydrogen-bond acceptors (Lipinski definition) is 5. The topological polar surface area (TPSA) is 81.5 Å². The summed E-state index contributed by atoms with van der Waals surface area (Å²) in [6.45, 7) is 2.51. The second-order valence-electron chi connectivity index (χ2n) is 5.45. The maximum atomic E-state index is 13.3. The summed E-state index contributed by atoms with van der Waals surface area (Å²) in [5.74, 6) is -3.33. The Kier molecular flexibility index (Phi) is 4.05. The zero-order chi connectivity index (χ0) is 19.2. The molecule has 3 rings (SSSR count). The summed E-state index contributed by atoms with van der Waals surface area (Å²) in [5, 5.41) is 3.84. The van der Waals surface area contributed by atoms with Crippen molar-refractivity contribution < 1.29 is 32.4 Å². The van der Waals surface area contributed by atoms with Gasteiger partial charge in [0.1, 0.15) is 5.56 Å². The molecule has 1 aliphatic heterocycles. The molecule has 136 valence electrons. The predicted molar refractivity (Wildman–Crippen MR) is 80.0 cm³/mol. The van der Waals surface area contributed by atoms with E-state index in [9.17, 15) is 27.6 Å². The van der Waals surface area contributed by atoms with Gasteiger partial charge in [0.25, 0.3) is 11.8 Å². The van der Waals surface area contributed by atoms with Gasteiger partial charge in [0, 0.05) is 6.54 Å². The smallest absolute Gasteiger partial charge is 0.324 e. The average Bonchev–Trinajstić information content (AvgIpc) is 3.05. The van der Waals surface area contributed by atoms with Crippen LogP contribution in [-0.4, -0.2) is 32.6 Å². The van der Waals surface area contributed by atoms with E-state index >= 15 is 0 Å². The lowest BCUT2D eigenvalue weighted by atomic mass is 10.1. The molecule has 0 unspecified atom stereocenters. The van der Waals surface area contributed by atoms with Crippen molar-refractivity contribution in [2.45, 2.75) is 26.6 Å². The Hall–Kier alpha value is -3.17. The minimum atomic E-state index is -4.87. The fourth-order valence-electron chi connectivity index (χ4n) is 2.72. The molecule has 1 aromatic heterocycles. The molecule has 0 aliphatic carbocycles. The Morgan fingerprint density at radius 2 is 1.69 bits per heavy atom. The number of hydroxylamine groups is 2. The third-order valence-electron chi connectivity index (χ3n) is 3.83. The molecule has 7 nitrogen and oxygen atoms in total. The standard InChI is InChI=1S/C16H12F3N3O4/c1-3-21-12(16(17,18)19)11(8(2)20-21)15(25)26-22-13(23)9-6-4-5-7-10(9)14(22)24/h4-7H,3H2,1-2H3. The number of rotatable bonds is 3. The minimum absolute atomic E-state index is 0.00215. The summed E-state index contributed by atoms with van der Waals surface area (Å²) < 4.78 is 40.6. The average molecular weight is 367 g/mol. The quantitative estimate of drug-likeness (QED) is 0.779. The molecule has 0 fully saturated rings. The number of halogens is 3. The Labute approximate surface area is 144 Å². The van der Waals surface area contributed by atoms with Crippen LogP contribution in [0.15, 0.2) is 24.3 Å². The molecule has 1 aliphatic rings. The lowest BCUT2D eigenvalue weighted by molar-refractivity contribution is -0.145. The van der Waals surface area contributed by atoms with E-state index < -0.39 is 35.2 Å². The largest absolute Gasteiger partial charge is 0.433 e. The highest BCUT2D eigenvalue weighted by Crippen LogP contribution is 2.34. The monoisotopic (exact) mass is 367 g/mol. The summed E-state index contributed by atoms with van der Waals surface area (Å²) in [7, 11) is 0. The molecule has 0 saturated heterocycles. The minimum Gasteiger partial charge on any atom is -0.324 e. The molecular formula is C16H12F3N3O4. The lowest BCUT2D eigenvalue weighted by Crippen LogP contribution is -2.33. The zero-order valence-corrected chi connectivity index (χ0v) is 13.6. The maximum Gasteiger partial charge on any atom is 0.433 e. The van der Waals surface area contributed by atoms with Gasteiger partial charge in [-0.1, -0.05) is 17.2 Å². The van der Waals surface area contributed by atoms with Crippen molar-refractivity contribution in [1.82, 2.24) is 14.8 Å². The van der Waals surface area contributed by atoms with E-state index in [1.165, 1.54) is 38.1 Å². The fraction of sp³-hybridized carbons (Fsp3) is 0.250. The first-order valence-corrected chi connectivity index (χ1v) is 7.51. The molecule has 1 aromatic carbocycles. The van der Waals surface area contributed by atoms with Crippen molar-refractivity contribution in [3.8, 4) is 0 Å². The number of aromatic nitrogens is 2. The molecule has 0 atom stereocenters. The number of carbonyl (C=O) groups is 3. The number of imide groups is 1. The molecule has 10 heteroatoms. The van der Waals surface area contributed by atoms with Crippen LogP contribution < -0.4 is 0 Å². The third-order valence-corrected chi connectivity index (χ3v) is 3.83. The number of carbonyl (C=O) groups excluding carboxylic acids is 3. The highest BCUT2D eigenvalue weighted by atomic mass is 19.4. The van der Waals surface area contributed by atoms with E-state index in [1.54, 1.807) is 0 Å². The Morgan fingerprint density at radius 3 is 2.15 bits per heavy atom. The normalized spacial score (nSPS) is 14.0. The number of alkyl halides is 3. The molecular weight excluding hydrogens is 355 g/mol. The number of benzene rings is 1. The second-order valence-corrected chi connectivity index (χ2v) is 5.45. The number of hydrogen-bond donors (Lipinski definition) is 0. The van der Waals surface area contributed by atoms with Gasteiger partial charge in [-0.2, -0.15) is 18.3 Å². The molecule has 26 heavy (non-hydrogen) atoms. The first-order valence-electron chi connectivity index (χ1n) is 7.51. The Morgan fingerprint density at radius 1 is 1.15 bits per heavy atom. The second kappa shape index (κ2) is 5.97. The Balaban J connectivity index is 1.97. The van der Waals surface area contributed by atoms with Gasteiger partial charge in [0.2, 0.25) is 0 Å². The van der Waals surface area contributed by atoms with E-state index in [0.29, 0.717) is 4.68 Å². The van der Waals surface area contributed by atoms with Crippen molar-refractivity contribution in [2.24, 2.45) is 0 Å². The lowest BCUT2D eigenvalue weighted by Gasteiger charge is -2.14. The SMILES string of the molecule is CCn1nc(C)c(C(=O)ON2C(=O)c3ccccc3C2=O)c1C(F)(F)F. The summed E-state index contributed by atoms with van der Waals surface area (Å²) in [5.41, 5.74) is -2.35. The van der Waals surface area contributed by atoms with Crippen LogP contribution in [0.3, 0.4) is 0 Å². The summed E-state index contributed by atoms with van der Waals surface area (Å²) in [4.78, 5) is 41.4. The van der Waals surface area contributed by atoms with Crippen LogP contribution in [0.1, 0.15) is 49.4 Å². The van der Waals surface area contributed by atoms with Gasteiger partial charge in [0.15, 0.2) is 5.69 Å². The molecule has 0 saturated carbocycles. The molecule has 0 N–H and O–H groups in total. The van der Waals surface area contributed by atoms with Gasteiger partial charge in [-0.3, -0.25) is 14.3 Å². The molecule has 2 aromatic rings. The van der Waals surface area contributed by atoms with Gasteiger partial charge in [-0.25, -0.2) is 4.79 Å². The maximum absolute atomic E-state index is 13.3. The van der Waals surface area contributed by atoms with Crippen molar-refractivity contribution in [2.75, 3.05) is 0 Å². The van der Waals surface area contributed by atoms with Gasteiger partial charge in [-0.05, 0) is 26.0 Å². The van der Waals surface area contributed by atoms with Crippen molar-refractivity contribution in [1.29, 1.82) is 0 Å². The van der Waals surface area contributed by atoms with Gasteiger partial charge in [0.05, 0.1) is 16.8 Å². The zero-order valence-electron chi connectivity index (χ0n) is 13.6. The van der Waals surface area contributed by atoms with E-state index in [-0.39, 0.29) is 28.4 Å². The summed E-state index contributed by atoms with van der Waals surface area (Å²) >= 11 is 0. The van der Waals surface area contributed by atoms with Crippen molar-refractivity contribution in [3.63, 3.8) is 0 Å². The molecule has 0 spiro atoms. The highest BCUT2D eigenvalue weighted by molar-refractivity contribution is 6.21. The third kappa shape index (κ3) is 2.63. The number of amides is 2. The van der Waals surface area contributed by atoms with E-state index in [4.69, 9.17) is 4.84 Å². The van der Waals surface area contributed by atoms with Crippen LogP contribution in [0.4, 0.5) is 13.2 Å². The summed E-state index contributed by atoms with van der Waals surface area (Å²) in [6, 6.07) is 5.72. The predicted octanol–water partition coefficient (Wildman–Crippen LogP) is 2.60. The molecule has 0 radical (unpaired) electrons. The van der Waals surface area contributed by atoms with Crippen molar-refractivity contribution in [3.05, 3.63) is 52.3 Å². The Bertz CT molecular complexity index is 898. The van der Waals surface area contributed by atoms with E-state index in [2.05, 4.69) is 5.10 Å². The number of nitrogens with zero attached hydrogens (tertiary/aromatic N) is 3. The number of aryl methyl sites for hydroxylation is 2. The van der Waals surface area contributed by atoms with Crippen LogP contribution >= 0.6 is 0 Å². The fourth-order valence-corrected chi connectivity index (χ4v) is 2.72. The van der Waals surface area contributed by atoms with Crippen LogP contribution in [0, 0.1) is 6.92 Å². The highest BCUT2D eigenvalue weighted by Gasteiger charge is 2.44. The first kappa shape index (κ1) is 17.6. The van der Waals surface area contributed by atoms with Crippen LogP contribution in [0.2, 0.25) is 0 Å². The van der Waals surface area contributed by atoms with Crippen LogP contribution in [-0.2, 0) is 17.6 Å².